The second-order valence-corrected chi connectivity index (χ2v) is 6.91. The van der Waals surface area contributed by atoms with Crippen LogP contribution in [0.5, 0.6) is 0 Å². The molecule has 0 fully saturated rings. The number of benzene rings is 2. The van der Waals surface area contributed by atoms with Gasteiger partial charge in [0.15, 0.2) is 0 Å². The van der Waals surface area contributed by atoms with E-state index in [1.54, 1.807) is 12.1 Å². The van der Waals surface area contributed by atoms with E-state index in [1.165, 1.54) is 48.5 Å². The van der Waals surface area contributed by atoms with Crippen molar-refractivity contribution in [3.63, 3.8) is 0 Å². The molecule has 0 aliphatic carbocycles. The zero-order valence-corrected chi connectivity index (χ0v) is 14.2. The molecule has 0 unspecified atom stereocenters. The Labute approximate surface area is 147 Å². The van der Waals surface area contributed by atoms with E-state index < -0.39 is 20.2 Å². The first-order valence-corrected chi connectivity index (χ1v) is 8.05. The first-order valence-electron chi connectivity index (χ1n) is 5.23. The van der Waals surface area contributed by atoms with Crippen molar-refractivity contribution < 1.29 is 20.5 Å². The zero-order valence-electron chi connectivity index (χ0n) is 10.3. The SMILES string of the molecule is O=S(=O)(OS(=O)(=O)c1ccccc1)c1ccccc1.[Ca]. The molecule has 5 nitrogen and oxygen atoms in total. The summed E-state index contributed by atoms with van der Waals surface area (Å²) in [5.41, 5.74) is 0. The fourth-order valence-electron chi connectivity index (χ4n) is 1.37. The van der Waals surface area contributed by atoms with Crippen LogP contribution in [0.25, 0.3) is 0 Å². The summed E-state index contributed by atoms with van der Waals surface area (Å²) in [6.45, 7) is 0. The summed E-state index contributed by atoms with van der Waals surface area (Å²) >= 11 is 0. The standard InChI is InChI=1S/C12H10O5S2.Ca/c13-18(14,11-7-3-1-4-8-11)17-19(15,16)12-9-5-2-6-10-12;/h1-10H;. The van der Waals surface area contributed by atoms with Crippen molar-refractivity contribution >= 4 is 58.0 Å². The third kappa shape index (κ3) is 4.28. The first-order chi connectivity index (χ1) is 8.92. The Balaban J connectivity index is 0.00000200. The molecule has 102 valence electrons. The molecule has 0 amide bonds. The molecule has 0 saturated carbocycles. The molecule has 2 radical (unpaired) electrons. The Morgan fingerprint density at radius 3 is 1.20 bits per heavy atom. The van der Waals surface area contributed by atoms with Crippen molar-refractivity contribution in [3.05, 3.63) is 60.7 Å². The topological polar surface area (TPSA) is 77.5 Å². The maximum Gasteiger partial charge on any atom is 0.311 e. The van der Waals surface area contributed by atoms with Gasteiger partial charge >= 0.3 is 20.2 Å². The fraction of sp³-hybridized carbons (Fsp3) is 0. The molecule has 0 saturated heterocycles. The monoisotopic (exact) mass is 338 g/mol. The molecular weight excluding hydrogens is 328 g/mol. The normalized spacial score (nSPS) is 11.6. The first kappa shape index (κ1) is 17.6. The van der Waals surface area contributed by atoms with E-state index in [9.17, 15) is 16.8 Å². The second-order valence-electron chi connectivity index (χ2n) is 3.60. The summed E-state index contributed by atoms with van der Waals surface area (Å²) in [7, 11) is -8.71. The quantitative estimate of drug-likeness (QED) is 0.788. The van der Waals surface area contributed by atoms with Crippen LogP contribution in [0.4, 0.5) is 0 Å². The van der Waals surface area contributed by atoms with Gasteiger partial charge in [0.2, 0.25) is 0 Å². The van der Waals surface area contributed by atoms with E-state index in [0.29, 0.717) is 0 Å². The van der Waals surface area contributed by atoms with Gasteiger partial charge in [0.25, 0.3) is 0 Å². The van der Waals surface area contributed by atoms with Crippen LogP contribution in [-0.2, 0) is 23.9 Å². The second kappa shape index (κ2) is 7.02. The van der Waals surface area contributed by atoms with Gasteiger partial charge in [-0.05, 0) is 24.3 Å². The van der Waals surface area contributed by atoms with Gasteiger partial charge in [0, 0.05) is 37.7 Å². The summed E-state index contributed by atoms with van der Waals surface area (Å²) in [4.78, 5) is -0.427. The predicted molar refractivity (Wildman–Crippen MR) is 74.1 cm³/mol. The molecular formula is C12H10CaO5S2. The molecule has 2 aromatic carbocycles. The van der Waals surface area contributed by atoms with Crippen molar-refractivity contribution in [2.45, 2.75) is 9.79 Å². The van der Waals surface area contributed by atoms with Gasteiger partial charge in [-0.15, -0.1) is 3.63 Å². The van der Waals surface area contributed by atoms with Crippen LogP contribution in [0.15, 0.2) is 70.5 Å². The van der Waals surface area contributed by atoms with Crippen LogP contribution in [-0.4, -0.2) is 54.6 Å². The number of rotatable bonds is 4. The van der Waals surface area contributed by atoms with Gasteiger partial charge in [-0.2, -0.15) is 16.8 Å². The molecule has 0 aliphatic heterocycles. The van der Waals surface area contributed by atoms with Crippen molar-refractivity contribution in [1.82, 2.24) is 0 Å². The summed E-state index contributed by atoms with van der Waals surface area (Å²) in [5.74, 6) is 0. The van der Waals surface area contributed by atoms with Gasteiger partial charge in [0.05, 0.1) is 9.79 Å². The summed E-state index contributed by atoms with van der Waals surface area (Å²) in [5, 5.41) is 0. The van der Waals surface area contributed by atoms with Crippen LogP contribution in [0.2, 0.25) is 0 Å². The van der Waals surface area contributed by atoms with E-state index in [1.807, 2.05) is 0 Å². The summed E-state index contributed by atoms with van der Waals surface area (Å²) < 4.78 is 51.6. The molecule has 0 N–H and O–H groups in total. The van der Waals surface area contributed by atoms with E-state index in [-0.39, 0.29) is 47.5 Å². The van der Waals surface area contributed by atoms with Crippen molar-refractivity contribution in [2.24, 2.45) is 0 Å². The minimum Gasteiger partial charge on any atom is -0.193 e. The van der Waals surface area contributed by atoms with Crippen LogP contribution in [0.1, 0.15) is 0 Å². The van der Waals surface area contributed by atoms with E-state index in [4.69, 9.17) is 0 Å². The maximum absolute atomic E-state index is 11.8. The van der Waals surface area contributed by atoms with E-state index in [2.05, 4.69) is 3.63 Å². The number of hydrogen-bond donors (Lipinski definition) is 0. The molecule has 0 aliphatic rings. The summed E-state index contributed by atoms with van der Waals surface area (Å²) in [6.07, 6.45) is 0. The van der Waals surface area contributed by atoms with Gasteiger partial charge in [-0.1, -0.05) is 36.4 Å². The third-order valence-corrected chi connectivity index (χ3v) is 5.38. The molecule has 2 aromatic rings. The van der Waals surface area contributed by atoms with Crippen molar-refractivity contribution in [1.29, 1.82) is 0 Å². The molecule has 2 rings (SSSR count). The Morgan fingerprint density at radius 1 is 0.600 bits per heavy atom. The average molecular weight is 338 g/mol. The van der Waals surface area contributed by atoms with Crippen molar-refractivity contribution in [3.8, 4) is 0 Å². The molecule has 20 heavy (non-hydrogen) atoms. The van der Waals surface area contributed by atoms with Gasteiger partial charge in [0.1, 0.15) is 0 Å². The average Bonchev–Trinajstić information content (AvgIpc) is 2.40. The Morgan fingerprint density at radius 2 is 0.900 bits per heavy atom. The smallest absolute Gasteiger partial charge is 0.193 e. The van der Waals surface area contributed by atoms with E-state index in [0.717, 1.165) is 0 Å². The molecule has 0 spiro atoms. The van der Waals surface area contributed by atoms with Crippen LogP contribution < -0.4 is 0 Å². The third-order valence-electron chi connectivity index (χ3n) is 2.24. The number of hydrogen-bond acceptors (Lipinski definition) is 5. The molecule has 0 bridgehead atoms. The molecule has 0 heterocycles. The zero-order chi connectivity index (χ0) is 13.9. The minimum absolute atomic E-state index is 0. The van der Waals surface area contributed by atoms with Crippen LogP contribution >= 0.6 is 0 Å². The van der Waals surface area contributed by atoms with Crippen LogP contribution in [0, 0.1) is 0 Å². The largest absolute Gasteiger partial charge is 0.311 e. The van der Waals surface area contributed by atoms with E-state index >= 15 is 0 Å². The van der Waals surface area contributed by atoms with Crippen molar-refractivity contribution in [2.75, 3.05) is 0 Å². The fourth-order valence-corrected chi connectivity index (χ4v) is 3.92. The van der Waals surface area contributed by atoms with Gasteiger partial charge in [-0.25, -0.2) is 0 Å². The molecule has 8 heteroatoms. The van der Waals surface area contributed by atoms with Crippen LogP contribution in [0.3, 0.4) is 0 Å². The Bertz CT molecular complexity index is 689. The maximum atomic E-state index is 11.8. The van der Waals surface area contributed by atoms with Gasteiger partial charge in [-0.3, -0.25) is 0 Å². The Hall–Kier alpha value is -0.440. The molecule has 0 aromatic heterocycles. The Kier molecular flexibility index (Phi) is 6.18. The molecule has 0 atom stereocenters. The summed E-state index contributed by atoms with van der Waals surface area (Å²) in [6, 6.07) is 14.2. The minimum atomic E-state index is -4.35. The van der Waals surface area contributed by atoms with Gasteiger partial charge < -0.3 is 0 Å². The predicted octanol–water partition coefficient (Wildman–Crippen LogP) is 1.40.